The third-order valence-corrected chi connectivity index (χ3v) is 4.25. The van der Waals surface area contributed by atoms with Crippen molar-refractivity contribution in [2.24, 2.45) is 16.7 Å². The van der Waals surface area contributed by atoms with Gasteiger partial charge in [-0.1, -0.05) is 13.8 Å². The summed E-state index contributed by atoms with van der Waals surface area (Å²) in [6.07, 6.45) is 2.56. The van der Waals surface area contributed by atoms with Crippen LogP contribution in [-0.2, 0) is 4.79 Å². The molecule has 0 bridgehead atoms. The van der Waals surface area contributed by atoms with E-state index in [1.165, 1.54) is 12.8 Å². The Morgan fingerprint density at radius 2 is 2.00 bits per heavy atom. The van der Waals surface area contributed by atoms with Gasteiger partial charge < -0.3 is 0 Å². The highest BCUT2D eigenvalue weighted by Crippen LogP contribution is 2.80. The molecule has 1 heteroatoms. The fraction of sp³-hybridized carbons (Fsp3) is 0.889. The van der Waals surface area contributed by atoms with E-state index in [1.54, 1.807) is 6.92 Å². The number of hydrogen-bond donors (Lipinski definition) is 0. The van der Waals surface area contributed by atoms with E-state index < -0.39 is 0 Å². The Balaban J connectivity index is 2.29. The van der Waals surface area contributed by atoms with Crippen LogP contribution >= 0.6 is 0 Å². The SMILES string of the molecule is CC(=O)[C@@]1(C)[C@H]2CC[C@]21C. The molecule has 3 atom stereocenters. The van der Waals surface area contributed by atoms with E-state index in [-0.39, 0.29) is 5.41 Å². The van der Waals surface area contributed by atoms with Gasteiger partial charge in [0, 0.05) is 5.41 Å². The lowest BCUT2D eigenvalue weighted by Gasteiger charge is -2.19. The third-order valence-electron chi connectivity index (χ3n) is 4.25. The van der Waals surface area contributed by atoms with Gasteiger partial charge in [0.05, 0.1) is 0 Å². The van der Waals surface area contributed by atoms with Crippen molar-refractivity contribution in [1.82, 2.24) is 0 Å². The maximum absolute atomic E-state index is 11.2. The summed E-state index contributed by atoms with van der Waals surface area (Å²) in [4.78, 5) is 11.2. The molecule has 2 rings (SSSR count). The van der Waals surface area contributed by atoms with Crippen LogP contribution in [0.2, 0.25) is 0 Å². The van der Waals surface area contributed by atoms with Gasteiger partial charge >= 0.3 is 0 Å². The van der Waals surface area contributed by atoms with Gasteiger partial charge in [0.2, 0.25) is 0 Å². The Labute approximate surface area is 61.8 Å². The van der Waals surface area contributed by atoms with Gasteiger partial charge in [-0.3, -0.25) is 4.79 Å². The molecule has 10 heavy (non-hydrogen) atoms. The Morgan fingerprint density at radius 3 is 2.10 bits per heavy atom. The Kier molecular flexibility index (Phi) is 0.842. The van der Waals surface area contributed by atoms with Gasteiger partial charge in [0.25, 0.3) is 0 Å². The average Bonchev–Trinajstić information content (AvgIpc) is 2.11. The first-order chi connectivity index (χ1) is 4.53. The van der Waals surface area contributed by atoms with Crippen LogP contribution in [0.25, 0.3) is 0 Å². The van der Waals surface area contributed by atoms with Crippen LogP contribution in [0.15, 0.2) is 0 Å². The fourth-order valence-electron chi connectivity index (χ4n) is 2.90. The lowest BCUT2D eigenvalue weighted by molar-refractivity contribution is -0.122. The maximum atomic E-state index is 11.2. The second-order valence-corrected chi connectivity index (χ2v) is 4.27. The summed E-state index contributed by atoms with van der Waals surface area (Å²) in [5.41, 5.74) is 0.492. The van der Waals surface area contributed by atoms with E-state index in [0.717, 1.165) is 5.92 Å². The van der Waals surface area contributed by atoms with Crippen molar-refractivity contribution in [3.8, 4) is 0 Å². The summed E-state index contributed by atoms with van der Waals surface area (Å²) in [5.74, 6) is 1.13. The van der Waals surface area contributed by atoms with E-state index in [2.05, 4.69) is 13.8 Å². The fourth-order valence-corrected chi connectivity index (χ4v) is 2.90. The third kappa shape index (κ3) is 0.363. The maximum Gasteiger partial charge on any atom is 0.136 e. The van der Waals surface area contributed by atoms with E-state index in [9.17, 15) is 4.79 Å². The van der Waals surface area contributed by atoms with Gasteiger partial charge in [0.1, 0.15) is 5.78 Å². The minimum absolute atomic E-state index is 0.0764. The number of carbonyl (C=O) groups is 1. The molecular formula is C9H14O. The molecular weight excluding hydrogens is 124 g/mol. The number of hydrogen-bond acceptors (Lipinski definition) is 1. The van der Waals surface area contributed by atoms with Crippen molar-refractivity contribution in [3.63, 3.8) is 0 Å². The molecule has 0 radical (unpaired) electrons. The van der Waals surface area contributed by atoms with Gasteiger partial charge in [0.15, 0.2) is 0 Å². The lowest BCUT2D eigenvalue weighted by atomic mass is 9.85. The highest BCUT2D eigenvalue weighted by Gasteiger charge is 2.77. The van der Waals surface area contributed by atoms with Crippen LogP contribution < -0.4 is 0 Å². The molecule has 0 heterocycles. The molecule has 2 fully saturated rings. The summed E-state index contributed by atoms with van der Waals surface area (Å²) >= 11 is 0. The normalized spacial score (nSPS) is 56.9. The average molecular weight is 138 g/mol. The summed E-state index contributed by atoms with van der Waals surface area (Å²) in [5, 5.41) is 0. The van der Waals surface area contributed by atoms with Crippen molar-refractivity contribution in [1.29, 1.82) is 0 Å². The quantitative estimate of drug-likeness (QED) is 0.541. The summed E-state index contributed by atoms with van der Waals surface area (Å²) in [6.45, 7) is 6.12. The van der Waals surface area contributed by atoms with Crippen molar-refractivity contribution in [2.45, 2.75) is 33.6 Å². The predicted molar refractivity (Wildman–Crippen MR) is 39.6 cm³/mol. The minimum atomic E-state index is 0.0764. The molecule has 0 unspecified atom stereocenters. The van der Waals surface area contributed by atoms with Gasteiger partial charge in [-0.2, -0.15) is 0 Å². The topological polar surface area (TPSA) is 17.1 Å². The van der Waals surface area contributed by atoms with Crippen LogP contribution in [0, 0.1) is 16.7 Å². The number of carbonyl (C=O) groups excluding carboxylic acids is 1. The van der Waals surface area contributed by atoms with E-state index in [4.69, 9.17) is 0 Å². The molecule has 0 saturated heterocycles. The van der Waals surface area contributed by atoms with Crippen molar-refractivity contribution in [3.05, 3.63) is 0 Å². The van der Waals surface area contributed by atoms with Gasteiger partial charge in [-0.25, -0.2) is 0 Å². The zero-order valence-electron chi connectivity index (χ0n) is 6.90. The highest BCUT2D eigenvalue weighted by atomic mass is 16.1. The minimum Gasteiger partial charge on any atom is -0.299 e. The van der Waals surface area contributed by atoms with Gasteiger partial charge in [-0.15, -0.1) is 0 Å². The van der Waals surface area contributed by atoms with Crippen LogP contribution in [0.4, 0.5) is 0 Å². The molecule has 2 saturated carbocycles. The first-order valence-electron chi connectivity index (χ1n) is 4.04. The Morgan fingerprint density at radius 1 is 1.50 bits per heavy atom. The predicted octanol–water partition coefficient (Wildman–Crippen LogP) is 2.01. The molecule has 2 aliphatic rings. The molecule has 0 amide bonds. The number of Topliss-reactive ketones (excluding diaryl/α,β-unsaturated/α-hetero) is 1. The van der Waals surface area contributed by atoms with E-state index >= 15 is 0 Å². The molecule has 1 nitrogen and oxygen atoms in total. The van der Waals surface area contributed by atoms with Crippen LogP contribution in [0.5, 0.6) is 0 Å². The standard InChI is InChI=1S/C9H14O/c1-6(10)9(3)7-4-5-8(7,9)2/h7H,4-5H2,1-3H3/t7-,8+,9-/m0/s1. The molecule has 0 N–H and O–H groups in total. The highest BCUT2D eigenvalue weighted by molar-refractivity contribution is 5.87. The zero-order chi connectivity index (χ0) is 7.57. The Hall–Kier alpha value is -0.330. The molecule has 0 aliphatic heterocycles. The first kappa shape index (κ1) is 6.38. The molecule has 0 aromatic carbocycles. The first-order valence-corrected chi connectivity index (χ1v) is 4.04. The number of fused-ring (bicyclic) bond motifs is 1. The number of ketones is 1. The smallest absolute Gasteiger partial charge is 0.136 e. The molecule has 0 aromatic rings. The number of rotatable bonds is 1. The largest absolute Gasteiger partial charge is 0.299 e. The van der Waals surface area contributed by atoms with Crippen LogP contribution in [-0.4, -0.2) is 5.78 Å². The molecule has 0 spiro atoms. The monoisotopic (exact) mass is 138 g/mol. The lowest BCUT2D eigenvalue weighted by Crippen LogP contribution is -2.15. The second kappa shape index (κ2) is 1.32. The van der Waals surface area contributed by atoms with Crippen LogP contribution in [0.3, 0.4) is 0 Å². The van der Waals surface area contributed by atoms with Gasteiger partial charge in [-0.05, 0) is 31.1 Å². The second-order valence-electron chi connectivity index (χ2n) is 4.27. The summed E-state index contributed by atoms with van der Waals surface area (Å²) in [7, 11) is 0. The van der Waals surface area contributed by atoms with Crippen LogP contribution in [0.1, 0.15) is 33.6 Å². The molecule has 0 aromatic heterocycles. The zero-order valence-corrected chi connectivity index (χ0v) is 6.90. The Bertz CT molecular complexity index is 209. The molecule has 2 aliphatic carbocycles. The van der Waals surface area contributed by atoms with Crippen molar-refractivity contribution >= 4 is 5.78 Å². The van der Waals surface area contributed by atoms with E-state index in [1.807, 2.05) is 0 Å². The van der Waals surface area contributed by atoms with Crippen molar-refractivity contribution < 1.29 is 4.79 Å². The molecule has 56 valence electrons. The van der Waals surface area contributed by atoms with E-state index in [0.29, 0.717) is 11.2 Å². The van der Waals surface area contributed by atoms with Crippen molar-refractivity contribution in [2.75, 3.05) is 0 Å². The summed E-state index contributed by atoms with van der Waals surface area (Å²) in [6, 6.07) is 0. The summed E-state index contributed by atoms with van der Waals surface area (Å²) < 4.78 is 0.